The quantitative estimate of drug-likeness (QED) is 0.852. The Morgan fingerprint density at radius 3 is 2.78 bits per heavy atom. The zero-order valence-corrected chi connectivity index (χ0v) is 13.7. The van der Waals surface area contributed by atoms with Gasteiger partial charge < -0.3 is 9.80 Å². The topological polar surface area (TPSA) is 49.3 Å². The Kier molecular flexibility index (Phi) is 4.55. The number of unbranched alkanes of at least 4 members (excludes halogenated alkanes) is 1. The number of nitrogens with zero attached hydrogens (tertiary/aromatic N) is 4. The molecule has 2 aromatic rings. The normalized spacial score (nSPS) is 13.0. The number of amides is 1. The number of para-hydroxylation sites is 1. The Labute approximate surface area is 136 Å². The van der Waals surface area contributed by atoms with Crippen molar-refractivity contribution >= 4 is 17.4 Å². The highest BCUT2D eigenvalue weighted by Crippen LogP contribution is 2.28. The average Bonchev–Trinajstić information content (AvgIpc) is 3.03. The molecule has 23 heavy (non-hydrogen) atoms. The smallest absolute Gasteiger partial charge is 0.278 e. The molecule has 0 radical (unpaired) electrons. The molecule has 2 heterocycles. The lowest BCUT2D eigenvalue weighted by Gasteiger charge is -2.18. The number of aromatic nitrogens is 2. The first-order chi connectivity index (χ1) is 11.2. The van der Waals surface area contributed by atoms with Crippen molar-refractivity contribution in [3.63, 3.8) is 0 Å². The van der Waals surface area contributed by atoms with E-state index in [0.717, 1.165) is 37.3 Å². The lowest BCUT2D eigenvalue weighted by molar-refractivity contribution is 0.0983. The van der Waals surface area contributed by atoms with Gasteiger partial charge in [-0.1, -0.05) is 31.5 Å². The van der Waals surface area contributed by atoms with Gasteiger partial charge in [-0.05, 0) is 36.6 Å². The van der Waals surface area contributed by atoms with Crippen molar-refractivity contribution < 1.29 is 4.79 Å². The summed E-state index contributed by atoms with van der Waals surface area (Å²) in [5.41, 5.74) is 2.60. The van der Waals surface area contributed by atoms with Crippen LogP contribution in [0.4, 0.5) is 11.5 Å². The van der Waals surface area contributed by atoms with E-state index in [9.17, 15) is 4.79 Å². The fraction of sp³-hybridized carbons (Fsp3) is 0.389. The zero-order chi connectivity index (χ0) is 16.2. The number of benzene rings is 1. The van der Waals surface area contributed by atoms with Gasteiger partial charge in [-0.25, -0.2) is 0 Å². The highest BCUT2D eigenvalue weighted by Gasteiger charge is 2.26. The minimum atomic E-state index is -0.0785. The monoisotopic (exact) mass is 310 g/mol. The van der Waals surface area contributed by atoms with E-state index in [-0.39, 0.29) is 5.91 Å². The molecule has 1 aromatic heterocycles. The molecule has 120 valence electrons. The number of rotatable bonds is 5. The molecular weight excluding hydrogens is 288 g/mol. The average molecular weight is 310 g/mol. The van der Waals surface area contributed by atoms with E-state index in [4.69, 9.17) is 0 Å². The van der Waals surface area contributed by atoms with Crippen LogP contribution in [-0.4, -0.2) is 36.2 Å². The van der Waals surface area contributed by atoms with Gasteiger partial charge in [-0.2, -0.15) is 0 Å². The molecule has 0 unspecified atom stereocenters. The summed E-state index contributed by atoms with van der Waals surface area (Å²) in [5.74, 6) is 0.724. The Bertz CT molecular complexity index is 684. The molecule has 0 N–H and O–H groups in total. The van der Waals surface area contributed by atoms with Crippen molar-refractivity contribution in [2.45, 2.75) is 26.2 Å². The standard InChI is InChI=1S/C18H22N4O/c1-3-4-12-21(2)17-10-9-15(19-20-17)18(23)22-13-11-14-7-5-6-8-16(14)22/h5-10H,3-4,11-13H2,1-2H3. The summed E-state index contributed by atoms with van der Waals surface area (Å²) >= 11 is 0. The minimum Gasteiger partial charge on any atom is -0.358 e. The van der Waals surface area contributed by atoms with Crippen molar-refractivity contribution in [3.05, 3.63) is 47.7 Å². The number of carbonyl (C=O) groups is 1. The Hall–Kier alpha value is -2.43. The second-order valence-electron chi connectivity index (χ2n) is 5.89. The van der Waals surface area contributed by atoms with E-state index in [2.05, 4.69) is 28.1 Å². The molecule has 0 atom stereocenters. The van der Waals surface area contributed by atoms with Crippen LogP contribution in [0.15, 0.2) is 36.4 Å². The molecule has 0 saturated heterocycles. The molecule has 1 aliphatic rings. The molecule has 1 amide bonds. The van der Waals surface area contributed by atoms with Crippen molar-refractivity contribution in [3.8, 4) is 0 Å². The van der Waals surface area contributed by atoms with Crippen LogP contribution in [0.1, 0.15) is 35.8 Å². The summed E-state index contributed by atoms with van der Waals surface area (Å²) in [7, 11) is 2.00. The first-order valence-electron chi connectivity index (χ1n) is 8.15. The van der Waals surface area contributed by atoms with Crippen molar-refractivity contribution in [2.24, 2.45) is 0 Å². The van der Waals surface area contributed by atoms with Gasteiger partial charge in [0.1, 0.15) is 0 Å². The third-order valence-electron chi connectivity index (χ3n) is 4.24. The van der Waals surface area contributed by atoms with Gasteiger partial charge in [0.15, 0.2) is 11.5 Å². The summed E-state index contributed by atoms with van der Waals surface area (Å²) in [4.78, 5) is 16.5. The molecule has 0 spiro atoms. The lowest BCUT2D eigenvalue weighted by Crippen LogP contribution is -2.30. The first-order valence-corrected chi connectivity index (χ1v) is 8.15. The number of hydrogen-bond donors (Lipinski definition) is 0. The fourth-order valence-electron chi connectivity index (χ4n) is 2.84. The van der Waals surface area contributed by atoms with Gasteiger partial charge in [-0.15, -0.1) is 10.2 Å². The third kappa shape index (κ3) is 3.18. The van der Waals surface area contributed by atoms with Gasteiger partial charge >= 0.3 is 0 Å². The number of hydrogen-bond acceptors (Lipinski definition) is 4. The molecule has 3 rings (SSSR count). The van der Waals surface area contributed by atoms with E-state index in [1.165, 1.54) is 5.56 Å². The molecule has 0 bridgehead atoms. The first kappa shape index (κ1) is 15.5. The second kappa shape index (κ2) is 6.77. The van der Waals surface area contributed by atoms with Crippen molar-refractivity contribution in [1.29, 1.82) is 0 Å². The maximum atomic E-state index is 12.7. The molecule has 1 aliphatic heterocycles. The van der Waals surface area contributed by atoms with Crippen LogP contribution < -0.4 is 9.80 Å². The van der Waals surface area contributed by atoms with E-state index in [1.807, 2.05) is 31.3 Å². The Balaban J connectivity index is 1.74. The van der Waals surface area contributed by atoms with E-state index < -0.39 is 0 Å². The van der Waals surface area contributed by atoms with Crippen LogP contribution >= 0.6 is 0 Å². The van der Waals surface area contributed by atoms with Gasteiger partial charge in [0.2, 0.25) is 0 Å². The SMILES string of the molecule is CCCCN(C)c1ccc(C(=O)N2CCc3ccccc32)nn1. The van der Waals surface area contributed by atoms with E-state index in [0.29, 0.717) is 12.2 Å². The maximum Gasteiger partial charge on any atom is 0.278 e. The zero-order valence-electron chi connectivity index (χ0n) is 13.7. The summed E-state index contributed by atoms with van der Waals surface area (Å²) in [6.45, 7) is 3.81. The van der Waals surface area contributed by atoms with Crippen molar-refractivity contribution in [1.82, 2.24) is 10.2 Å². The van der Waals surface area contributed by atoms with Gasteiger partial charge in [0.05, 0.1) is 0 Å². The molecule has 0 fully saturated rings. The largest absolute Gasteiger partial charge is 0.358 e. The minimum absolute atomic E-state index is 0.0785. The second-order valence-corrected chi connectivity index (χ2v) is 5.89. The van der Waals surface area contributed by atoms with Crippen LogP contribution in [0.5, 0.6) is 0 Å². The van der Waals surface area contributed by atoms with Gasteiger partial charge in [0.25, 0.3) is 5.91 Å². The molecule has 0 aliphatic carbocycles. The number of fused-ring (bicyclic) bond motifs is 1. The van der Waals surface area contributed by atoms with Crippen LogP contribution in [0.2, 0.25) is 0 Å². The predicted octanol–water partition coefficient (Wildman–Crippen LogP) is 2.92. The van der Waals surface area contributed by atoms with E-state index in [1.54, 1.807) is 11.0 Å². The highest BCUT2D eigenvalue weighted by molar-refractivity contribution is 6.06. The summed E-state index contributed by atoms with van der Waals surface area (Å²) < 4.78 is 0. The van der Waals surface area contributed by atoms with E-state index >= 15 is 0 Å². The highest BCUT2D eigenvalue weighted by atomic mass is 16.2. The number of anilines is 2. The maximum absolute atomic E-state index is 12.7. The van der Waals surface area contributed by atoms with Crippen LogP contribution in [0.3, 0.4) is 0 Å². The van der Waals surface area contributed by atoms with Gasteiger partial charge in [0, 0.05) is 25.8 Å². The third-order valence-corrected chi connectivity index (χ3v) is 4.24. The molecule has 5 nitrogen and oxygen atoms in total. The Morgan fingerprint density at radius 1 is 1.22 bits per heavy atom. The van der Waals surface area contributed by atoms with Crippen LogP contribution in [-0.2, 0) is 6.42 Å². The molecule has 0 saturated carbocycles. The number of carbonyl (C=O) groups excluding carboxylic acids is 1. The summed E-state index contributed by atoms with van der Waals surface area (Å²) in [6.07, 6.45) is 3.15. The van der Waals surface area contributed by atoms with Crippen LogP contribution in [0.25, 0.3) is 0 Å². The fourth-order valence-corrected chi connectivity index (χ4v) is 2.84. The molecule has 5 heteroatoms. The lowest BCUT2D eigenvalue weighted by atomic mass is 10.2. The summed E-state index contributed by atoms with van der Waals surface area (Å²) in [5, 5.41) is 8.35. The van der Waals surface area contributed by atoms with Gasteiger partial charge in [-0.3, -0.25) is 4.79 Å². The van der Waals surface area contributed by atoms with Crippen molar-refractivity contribution in [2.75, 3.05) is 29.9 Å². The predicted molar refractivity (Wildman–Crippen MR) is 92.0 cm³/mol. The van der Waals surface area contributed by atoms with Crippen LogP contribution in [0, 0.1) is 0 Å². The molecule has 1 aromatic carbocycles. The molecular formula is C18H22N4O. The Morgan fingerprint density at radius 2 is 2.04 bits per heavy atom. The summed E-state index contributed by atoms with van der Waals surface area (Å²) in [6, 6.07) is 11.7.